The highest BCUT2D eigenvalue weighted by Crippen LogP contribution is 2.43. The second-order valence-corrected chi connectivity index (χ2v) is 6.07. The number of carbonyl (C=O) groups is 1. The van der Waals surface area contributed by atoms with Gasteiger partial charge >= 0.3 is 6.18 Å². The van der Waals surface area contributed by atoms with E-state index in [-0.39, 0.29) is 17.4 Å². The van der Waals surface area contributed by atoms with E-state index in [9.17, 15) is 18.0 Å². The first kappa shape index (κ1) is 15.1. The molecule has 1 aromatic rings. The zero-order valence-electron chi connectivity index (χ0n) is 11.8. The van der Waals surface area contributed by atoms with Gasteiger partial charge in [0.25, 0.3) is 0 Å². The predicted octanol–water partition coefficient (Wildman–Crippen LogP) is 2.28. The minimum Gasteiger partial charge on any atom is -0.473 e. The van der Waals surface area contributed by atoms with Crippen molar-refractivity contribution in [1.29, 1.82) is 0 Å². The van der Waals surface area contributed by atoms with Crippen LogP contribution in [0.4, 0.5) is 13.2 Å². The lowest BCUT2D eigenvalue weighted by Gasteiger charge is -2.51. The van der Waals surface area contributed by atoms with Gasteiger partial charge in [-0.2, -0.15) is 13.2 Å². The van der Waals surface area contributed by atoms with Crippen molar-refractivity contribution < 1.29 is 22.7 Å². The second kappa shape index (κ2) is 5.40. The summed E-state index contributed by atoms with van der Waals surface area (Å²) in [5, 5.41) is 0. The van der Waals surface area contributed by atoms with E-state index in [1.165, 1.54) is 6.20 Å². The van der Waals surface area contributed by atoms with E-state index in [1.54, 1.807) is 4.90 Å². The first-order valence-electron chi connectivity index (χ1n) is 7.15. The summed E-state index contributed by atoms with van der Waals surface area (Å²) in [6.45, 7) is 1.54. The van der Waals surface area contributed by atoms with Crippen molar-refractivity contribution in [2.45, 2.75) is 38.0 Å². The SMILES string of the molecule is O=CN1CC2(CCC(Oc3cncc(C(F)(F)F)n3)CC2)C1. The number of likely N-dealkylation sites (tertiary alicyclic amines) is 1. The van der Waals surface area contributed by atoms with Gasteiger partial charge in [-0.05, 0) is 25.7 Å². The van der Waals surface area contributed by atoms with E-state index in [1.807, 2.05) is 0 Å². The molecule has 0 atom stereocenters. The van der Waals surface area contributed by atoms with Crippen molar-refractivity contribution in [3.8, 4) is 5.88 Å². The van der Waals surface area contributed by atoms with Crippen LogP contribution in [-0.4, -0.2) is 40.5 Å². The highest BCUT2D eigenvalue weighted by Gasteiger charge is 2.45. The van der Waals surface area contributed by atoms with Gasteiger partial charge in [-0.15, -0.1) is 0 Å². The molecule has 8 heteroatoms. The van der Waals surface area contributed by atoms with E-state index in [2.05, 4.69) is 9.97 Å². The van der Waals surface area contributed by atoms with Crippen molar-refractivity contribution in [3.63, 3.8) is 0 Å². The highest BCUT2D eigenvalue weighted by molar-refractivity contribution is 5.49. The quantitative estimate of drug-likeness (QED) is 0.803. The van der Waals surface area contributed by atoms with Crippen LogP contribution in [0.1, 0.15) is 31.4 Å². The van der Waals surface area contributed by atoms with Gasteiger partial charge in [-0.3, -0.25) is 9.78 Å². The monoisotopic (exact) mass is 315 g/mol. The Balaban J connectivity index is 1.56. The zero-order valence-corrected chi connectivity index (χ0v) is 11.8. The maximum atomic E-state index is 12.6. The molecule has 1 aliphatic carbocycles. The first-order chi connectivity index (χ1) is 10.4. The summed E-state index contributed by atoms with van der Waals surface area (Å²) in [6.07, 6.45) is 1.41. The fraction of sp³-hybridized carbons (Fsp3) is 0.643. The number of carbonyl (C=O) groups excluding carboxylic acids is 1. The number of alkyl halides is 3. The van der Waals surface area contributed by atoms with Gasteiger partial charge in [0.2, 0.25) is 12.3 Å². The van der Waals surface area contributed by atoms with Gasteiger partial charge in [-0.1, -0.05) is 0 Å². The third-order valence-corrected chi connectivity index (χ3v) is 4.41. The molecule has 5 nitrogen and oxygen atoms in total. The Labute approximate surface area is 125 Å². The Morgan fingerprint density at radius 3 is 2.55 bits per heavy atom. The number of hydrogen-bond donors (Lipinski definition) is 0. The van der Waals surface area contributed by atoms with E-state index < -0.39 is 11.9 Å². The zero-order chi connectivity index (χ0) is 15.8. The number of rotatable bonds is 3. The average Bonchev–Trinajstić information content (AvgIpc) is 2.45. The van der Waals surface area contributed by atoms with E-state index >= 15 is 0 Å². The molecule has 0 unspecified atom stereocenters. The Kier molecular flexibility index (Phi) is 3.70. The number of nitrogens with zero attached hydrogens (tertiary/aromatic N) is 3. The first-order valence-corrected chi connectivity index (χ1v) is 7.15. The lowest BCUT2D eigenvalue weighted by atomic mass is 9.68. The fourth-order valence-corrected chi connectivity index (χ4v) is 3.24. The predicted molar refractivity (Wildman–Crippen MR) is 70.0 cm³/mol. The Bertz CT molecular complexity index is 549. The maximum absolute atomic E-state index is 12.6. The van der Waals surface area contributed by atoms with Crippen LogP contribution in [0.15, 0.2) is 12.4 Å². The normalized spacial score (nSPS) is 21.5. The summed E-state index contributed by atoms with van der Waals surface area (Å²) in [4.78, 5) is 19.4. The number of halogens is 3. The molecule has 3 rings (SSSR count). The highest BCUT2D eigenvalue weighted by atomic mass is 19.4. The lowest BCUT2D eigenvalue weighted by Crippen LogP contribution is -2.57. The number of aromatic nitrogens is 2. The summed E-state index contributed by atoms with van der Waals surface area (Å²) in [7, 11) is 0. The van der Waals surface area contributed by atoms with Gasteiger partial charge in [0, 0.05) is 18.5 Å². The smallest absolute Gasteiger partial charge is 0.435 e. The largest absolute Gasteiger partial charge is 0.473 e. The van der Waals surface area contributed by atoms with Crippen LogP contribution in [0.3, 0.4) is 0 Å². The van der Waals surface area contributed by atoms with Crippen LogP contribution in [-0.2, 0) is 11.0 Å². The lowest BCUT2D eigenvalue weighted by molar-refractivity contribution is -0.142. The summed E-state index contributed by atoms with van der Waals surface area (Å²) in [5.74, 6) is -0.0843. The molecule has 1 saturated heterocycles. The van der Waals surface area contributed by atoms with Crippen LogP contribution in [0.5, 0.6) is 5.88 Å². The molecule has 2 aliphatic rings. The van der Waals surface area contributed by atoms with Crippen LogP contribution in [0, 0.1) is 5.41 Å². The molecule has 1 aliphatic heterocycles. The van der Waals surface area contributed by atoms with Crippen LogP contribution in [0.2, 0.25) is 0 Å². The van der Waals surface area contributed by atoms with E-state index in [4.69, 9.17) is 4.74 Å². The number of hydrogen-bond acceptors (Lipinski definition) is 4. The van der Waals surface area contributed by atoms with Gasteiger partial charge in [-0.25, -0.2) is 4.98 Å². The Morgan fingerprint density at radius 2 is 1.95 bits per heavy atom. The molecule has 1 saturated carbocycles. The van der Waals surface area contributed by atoms with Gasteiger partial charge < -0.3 is 9.64 Å². The topological polar surface area (TPSA) is 55.3 Å². The third-order valence-electron chi connectivity index (χ3n) is 4.41. The molecule has 0 N–H and O–H groups in total. The molecule has 0 aromatic carbocycles. The molecule has 120 valence electrons. The van der Waals surface area contributed by atoms with Crippen molar-refractivity contribution >= 4 is 6.41 Å². The molecule has 0 bridgehead atoms. The average molecular weight is 315 g/mol. The van der Waals surface area contributed by atoms with Crippen molar-refractivity contribution in [1.82, 2.24) is 14.9 Å². The van der Waals surface area contributed by atoms with Crippen molar-refractivity contribution in [2.24, 2.45) is 5.41 Å². The molecule has 1 aromatic heterocycles. The molecule has 0 radical (unpaired) electrons. The summed E-state index contributed by atoms with van der Waals surface area (Å²) < 4.78 is 43.3. The van der Waals surface area contributed by atoms with Gasteiger partial charge in [0.15, 0.2) is 5.69 Å². The van der Waals surface area contributed by atoms with Crippen LogP contribution in [0.25, 0.3) is 0 Å². The number of amides is 1. The molecule has 2 fully saturated rings. The molecule has 22 heavy (non-hydrogen) atoms. The summed E-state index contributed by atoms with van der Waals surface area (Å²) >= 11 is 0. The van der Waals surface area contributed by atoms with Crippen LogP contribution < -0.4 is 4.74 Å². The maximum Gasteiger partial charge on any atom is 0.435 e. The Hall–Kier alpha value is -1.86. The van der Waals surface area contributed by atoms with E-state index in [0.29, 0.717) is 6.20 Å². The van der Waals surface area contributed by atoms with Gasteiger partial charge in [0.1, 0.15) is 6.10 Å². The number of ether oxygens (including phenoxy) is 1. The van der Waals surface area contributed by atoms with Crippen molar-refractivity contribution in [3.05, 3.63) is 18.1 Å². The molecule has 1 spiro atoms. The van der Waals surface area contributed by atoms with E-state index in [0.717, 1.165) is 45.2 Å². The molecular formula is C14H16F3N3O2. The van der Waals surface area contributed by atoms with Crippen LogP contribution >= 0.6 is 0 Å². The molecule has 1 amide bonds. The van der Waals surface area contributed by atoms with Gasteiger partial charge in [0.05, 0.1) is 12.4 Å². The fourth-order valence-electron chi connectivity index (χ4n) is 3.24. The summed E-state index contributed by atoms with van der Waals surface area (Å²) in [5.41, 5.74) is -0.863. The molecular weight excluding hydrogens is 299 g/mol. The Morgan fingerprint density at radius 1 is 1.27 bits per heavy atom. The second-order valence-electron chi connectivity index (χ2n) is 6.07. The van der Waals surface area contributed by atoms with Crippen molar-refractivity contribution in [2.75, 3.05) is 13.1 Å². The molecule has 2 heterocycles. The third kappa shape index (κ3) is 3.00. The summed E-state index contributed by atoms with van der Waals surface area (Å²) in [6, 6.07) is 0. The minimum absolute atomic E-state index is 0.0843. The minimum atomic E-state index is -4.52. The standard InChI is InChI=1S/C14H16F3N3O2/c15-14(16,17)11-5-18-6-12(19-11)22-10-1-3-13(4-2-10)7-20(8-13)9-21/h5-6,9-10H,1-4,7-8H2.